The summed E-state index contributed by atoms with van der Waals surface area (Å²) in [5.74, 6) is 0. The molecule has 0 atom stereocenters. The molecule has 3 N–H and O–H groups in total. The Morgan fingerprint density at radius 1 is 1.21 bits per heavy atom. The van der Waals surface area contributed by atoms with Gasteiger partial charge in [-0.05, 0) is 23.7 Å². The highest BCUT2D eigenvalue weighted by molar-refractivity contribution is 7.89. The van der Waals surface area contributed by atoms with Crippen LogP contribution in [-0.2, 0) is 10.0 Å². The van der Waals surface area contributed by atoms with E-state index in [1.807, 2.05) is 0 Å². The molecule has 5 nitrogen and oxygen atoms in total. The number of benzene rings is 1. The van der Waals surface area contributed by atoms with Gasteiger partial charge in [-0.2, -0.15) is 0 Å². The maximum absolute atomic E-state index is 11.3. The number of sulfonamides is 1. The van der Waals surface area contributed by atoms with Gasteiger partial charge in [0.1, 0.15) is 0 Å². The Labute approximate surface area is 86.0 Å². The Morgan fingerprint density at radius 3 is 2.14 bits per heavy atom. The van der Waals surface area contributed by atoms with Crippen molar-refractivity contribution in [2.45, 2.75) is 10.3 Å². The molecular weight excluding hydrogens is 230 g/mol. The van der Waals surface area contributed by atoms with Crippen LogP contribution in [0.3, 0.4) is 0 Å². The number of hydrogen-bond donors (Lipinski definition) is 3. The third kappa shape index (κ3) is 3.24. The van der Waals surface area contributed by atoms with E-state index >= 15 is 0 Å². The van der Waals surface area contributed by atoms with Crippen LogP contribution < -0.4 is 4.72 Å². The molecule has 14 heavy (non-hydrogen) atoms. The van der Waals surface area contributed by atoms with E-state index < -0.39 is 15.4 Å². The van der Waals surface area contributed by atoms with Crippen LogP contribution in [0.4, 0.5) is 0 Å². The van der Waals surface area contributed by atoms with Crippen LogP contribution in [0, 0.1) is 0 Å². The Hall–Kier alpha value is -0.660. The maximum atomic E-state index is 11.3. The van der Waals surface area contributed by atoms with Crippen LogP contribution in [0.15, 0.2) is 35.2 Å². The Bertz CT molecular complexity index is 397. The van der Waals surface area contributed by atoms with Gasteiger partial charge in [0.15, 0.2) is 0 Å². The fourth-order valence-corrected chi connectivity index (χ4v) is 2.11. The first-order chi connectivity index (χ1) is 6.31. The molecule has 0 aromatic heterocycles. The lowest BCUT2D eigenvalue weighted by Gasteiger charge is -2.14. The molecule has 1 rings (SSSR count). The zero-order valence-electron chi connectivity index (χ0n) is 6.88. The van der Waals surface area contributed by atoms with Gasteiger partial charge in [-0.3, -0.25) is 0 Å². The molecule has 0 saturated carbocycles. The summed E-state index contributed by atoms with van der Waals surface area (Å²) in [7, 11) is -4.00. The minimum Gasteiger partial charge on any atom is -0.340 e. The average Bonchev–Trinajstić information content (AvgIpc) is 2.01. The molecule has 0 unspecified atom stereocenters. The summed E-state index contributed by atoms with van der Waals surface area (Å²) in [5, 5.41) is 14.3. The second-order valence-electron chi connectivity index (χ2n) is 2.51. The zero-order chi connectivity index (χ0) is 10.8. The highest BCUT2D eigenvalue weighted by Crippen LogP contribution is 2.11. The number of nitrogens with one attached hydrogen (secondary N) is 1. The highest BCUT2D eigenvalue weighted by atomic mass is 35.5. The van der Waals surface area contributed by atoms with E-state index in [9.17, 15) is 8.42 Å². The fraction of sp³-hybridized carbons (Fsp3) is 0.143. The summed E-state index contributed by atoms with van der Waals surface area (Å²) >= 11 is 4.89. The molecule has 0 aliphatic heterocycles. The molecule has 0 radical (unpaired) electrons. The van der Waals surface area contributed by atoms with Gasteiger partial charge in [-0.1, -0.05) is 18.2 Å². The standard InChI is InChI=1S/C7H8ClNO4S/c8-7(10,11)9-14(12,13)6-4-2-1-3-5-6/h1-5,9-11H. The molecular formula is C7H8ClNO4S. The van der Waals surface area contributed by atoms with E-state index in [1.54, 1.807) is 6.07 Å². The van der Waals surface area contributed by atoms with Crippen molar-refractivity contribution in [3.8, 4) is 0 Å². The van der Waals surface area contributed by atoms with Crippen LogP contribution in [0.5, 0.6) is 0 Å². The summed E-state index contributed by atoms with van der Waals surface area (Å²) in [5.41, 5.74) is 0. The van der Waals surface area contributed by atoms with Crippen LogP contribution in [0.1, 0.15) is 0 Å². The van der Waals surface area contributed by atoms with Crippen LogP contribution in [0.25, 0.3) is 0 Å². The summed E-state index contributed by atoms with van der Waals surface area (Å²) in [4.78, 5) is -0.104. The molecule has 0 bridgehead atoms. The van der Waals surface area contributed by atoms with Crippen LogP contribution in [-0.4, -0.2) is 24.0 Å². The van der Waals surface area contributed by atoms with Crippen LogP contribution >= 0.6 is 11.6 Å². The smallest absolute Gasteiger partial charge is 0.320 e. The second-order valence-corrected chi connectivity index (χ2v) is 4.72. The van der Waals surface area contributed by atoms with Gasteiger partial charge in [0, 0.05) is 0 Å². The van der Waals surface area contributed by atoms with Crippen molar-refractivity contribution >= 4 is 21.6 Å². The topological polar surface area (TPSA) is 86.6 Å². The fourth-order valence-electron chi connectivity index (χ4n) is 0.830. The molecule has 0 aliphatic carbocycles. The van der Waals surface area contributed by atoms with Gasteiger partial charge in [0.2, 0.25) is 10.0 Å². The quantitative estimate of drug-likeness (QED) is 0.386. The Kier molecular flexibility index (Phi) is 3.13. The van der Waals surface area contributed by atoms with E-state index in [1.165, 1.54) is 29.0 Å². The predicted octanol–water partition coefficient (Wildman–Crippen LogP) is -0.200. The van der Waals surface area contributed by atoms with Crippen molar-refractivity contribution < 1.29 is 18.6 Å². The Balaban J connectivity index is 2.99. The lowest BCUT2D eigenvalue weighted by Crippen LogP contribution is -2.43. The summed E-state index contributed by atoms with van der Waals surface area (Å²) in [6.07, 6.45) is 0. The first-order valence-corrected chi connectivity index (χ1v) is 5.40. The van der Waals surface area contributed by atoms with Crippen molar-refractivity contribution in [1.29, 1.82) is 0 Å². The van der Waals surface area contributed by atoms with E-state index in [0.29, 0.717) is 0 Å². The highest BCUT2D eigenvalue weighted by Gasteiger charge is 2.27. The van der Waals surface area contributed by atoms with E-state index in [4.69, 9.17) is 21.8 Å². The molecule has 78 valence electrons. The molecule has 0 heterocycles. The second kappa shape index (κ2) is 3.84. The largest absolute Gasteiger partial charge is 0.340 e. The molecule has 7 heteroatoms. The Morgan fingerprint density at radius 2 is 1.71 bits per heavy atom. The normalized spacial score (nSPS) is 12.8. The van der Waals surface area contributed by atoms with E-state index in [0.717, 1.165) is 0 Å². The minimum atomic E-state index is -4.00. The first-order valence-electron chi connectivity index (χ1n) is 3.54. The lowest BCUT2D eigenvalue weighted by molar-refractivity contribution is -0.0922. The van der Waals surface area contributed by atoms with Crippen molar-refractivity contribution in [1.82, 2.24) is 4.72 Å². The molecule has 0 aliphatic rings. The van der Waals surface area contributed by atoms with Gasteiger partial charge in [-0.25, -0.2) is 8.42 Å². The zero-order valence-corrected chi connectivity index (χ0v) is 8.46. The first kappa shape index (κ1) is 11.4. The number of alkyl halides is 1. The molecule has 0 spiro atoms. The number of aliphatic hydroxyl groups is 2. The van der Waals surface area contributed by atoms with Gasteiger partial charge in [0.05, 0.1) is 4.90 Å². The maximum Gasteiger partial charge on any atom is 0.320 e. The number of rotatable bonds is 3. The van der Waals surface area contributed by atoms with Gasteiger partial charge in [0.25, 0.3) is 0 Å². The minimum absolute atomic E-state index is 0.104. The third-order valence-corrected chi connectivity index (χ3v) is 2.97. The lowest BCUT2D eigenvalue weighted by atomic mass is 10.4. The number of halogens is 1. The summed E-state index contributed by atoms with van der Waals surface area (Å²) < 4.78 is 24.1. The molecule has 1 aromatic rings. The summed E-state index contributed by atoms with van der Waals surface area (Å²) in [6.45, 7) is 0. The monoisotopic (exact) mass is 237 g/mol. The van der Waals surface area contributed by atoms with Crippen molar-refractivity contribution in [2.24, 2.45) is 0 Å². The molecule has 0 fully saturated rings. The van der Waals surface area contributed by atoms with Gasteiger partial charge < -0.3 is 10.2 Å². The predicted molar refractivity (Wildman–Crippen MR) is 49.8 cm³/mol. The van der Waals surface area contributed by atoms with Crippen molar-refractivity contribution in [2.75, 3.05) is 0 Å². The molecule has 0 amide bonds. The van der Waals surface area contributed by atoms with Crippen LogP contribution in [0.2, 0.25) is 0 Å². The van der Waals surface area contributed by atoms with Gasteiger partial charge in [-0.15, -0.1) is 4.72 Å². The SMILES string of the molecule is O=S(=O)(NC(O)(O)Cl)c1ccccc1. The third-order valence-electron chi connectivity index (χ3n) is 1.32. The number of hydrogen-bond acceptors (Lipinski definition) is 4. The summed E-state index contributed by atoms with van der Waals surface area (Å²) in [6, 6.07) is 7.22. The molecule has 0 saturated heterocycles. The van der Waals surface area contributed by atoms with E-state index in [-0.39, 0.29) is 4.90 Å². The van der Waals surface area contributed by atoms with Crippen molar-refractivity contribution in [3.05, 3.63) is 30.3 Å². The van der Waals surface area contributed by atoms with Crippen molar-refractivity contribution in [3.63, 3.8) is 0 Å². The van der Waals surface area contributed by atoms with E-state index in [2.05, 4.69) is 0 Å². The molecule has 1 aromatic carbocycles. The average molecular weight is 238 g/mol. The van der Waals surface area contributed by atoms with Gasteiger partial charge >= 0.3 is 5.37 Å².